The number of hydrogen-bond acceptors (Lipinski definition) is 1. The molecule has 0 unspecified atom stereocenters. The molecule has 3 nitrogen and oxygen atoms in total. The van der Waals surface area contributed by atoms with Crippen molar-refractivity contribution in [3.63, 3.8) is 0 Å². The van der Waals surface area contributed by atoms with E-state index in [9.17, 15) is 0 Å². The smallest absolute Gasteiger partial charge is 0.225 e. The van der Waals surface area contributed by atoms with Crippen molar-refractivity contribution in [2.75, 3.05) is 0 Å². The molecule has 0 fully saturated rings. The quantitative estimate of drug-likeness (QED) is 0.455. The Balaban J connectivity index is 4.14. The molecule has 0 spiro atoms. The summed E-state index contributed by atoms with van der Waals surface area (Å²) in [6.45, 7) is 8.70. The summed E-state index contributed by atoms with van der Waals surface area (Å²) in [5, 5.41) is 7.23. The maximum atomic E-state index is 7.23. The molecule has 0 aliphatic rings. The molecular formula is C7H11N3. The normalized spacial score (nSPS) is 9.30. The molecule has 0 aromatic heterocycles. The average Bonchev–Trinajstić information content (AvgIpc) is 1.91. The highest BCUT2D eigenvalue weighted by atomic mass is 15.2. The van der Waals surface area contributed by atoms with Crippen LogP contribution in [0.2, 0.25) is 0 Å². The minimum atomic E-state index is 0.118. The number of nitrogens with one attached hydrogen (secondary N) is 1. The van der Waals surface area contributed by atoms with Gasteiger partial charge in [-0.1, -0.05) is 13.2 Å². The molecule has 0 heterocycles. The predicted octanol–water partition coefficient (Wildman–Crippen LogP) is 1.60. The van der Waals surface area contributed by atoms with E-state index >= 15 is 0 Å². The largest absolute Gasteiger partial charge is 0.294 e. The Hall–Kier alpha value is -1.38. The summed E-state index contributed by atoms with van der Waals surface area (Å²) in [5.41, 5.74) is 0. The number of nitrogens with zero attached hydrogens (tertiary/aromatic N) is 2. The molecule has 0 saturated carbocycles. The lowest BCUT2D eigenvalue weighted by molar-refractivity contribution is 0.746. The average molecular weight is 137 g/mol. The zero-order chi connectivity index (χ0) is 7.98. The number of rotatable bonds is 2. The molecule has 0 rings (SSSR count). The molecule has 0 aliphatic carbocycles. The Labute approximate surface area is 60.9 Å². The van der Waals surface area contributed by atoms with Gasteiger partial charge in [0, 0.05) is 18.6 Å². The highest BCUT2D eigenvalue weighted by molar-refractivity contribution is 5.86. The Morgan fingerprint density at radius 1 is 1.50 bits per heavy atom. The van der Waals surface area contributed by atoms with Gasteiger partial charge >= 0.3 is 0 Å². The summed E-state index contributed by atoms with van der Waals surface area (Å²) in [6.07, 6.45) is 4.49. The number of hydrogen-bond donors (Lipinski definition) is 1. The van der Waals surface area contributed by atoms with Gasteiger partial charge < -0.3 is 0 Å². The minimum Gasteiger partial charge on any atom is -0.294 e. The van der Waals surface area contributed by atoms with Gasteiger partial charge in [0.25, 0.3) is 0 Å². The van der Waals surface area contributed by atoms with Gasteiger partial charge in [0.1, 0.15) is 0 Å². The third-order valence-corrected chi connectivity index (χ3v) is 0.889. The van der Waals surface area contributed by atoms with E-state index in [1.165, 1.54) is 17.3 Å². The van der Waals surface area contributed by atoms with Crippen molar-refractivity contribution in [1.82, 2.24) is 4.90 Å². The number of aliphatic imine (C=N–C) groups is 1. The maximum Gasteiger partial charge on any atom is 0.225 e. The third-order valence-electron chi connectivity index (χ3n) is 0.889. The Morgan fingerprint density at radius 3 is 2.30 bits per heavy atom. The molecule has 1 N–H and O–H groups in total. The van der Waals surface area contributed by atoms with Crippen LogP contribution >= 0.6 is 0 Å². The highest BCUT2D eigenvalue weighted by Crippen LogP contribution is 1.90. The van der Waals surface area contributed by atoms with E-state index < -0.39 is 0 Å². The predicted molar refractivity (Wildman–Crippen MR) is 44.1 cm³/mol. The molecule has 54 valence electrons. The highest BCUT2D eigenvalue weighted by Gasteiger charge is 1.95. The van der Waals surface area contributed by atoms with Crippen molar-refractivity contribution in [3.05, 3.63) is 25.6 Å². The van der Waals surface area contributed by atoms with Crippen LogP contribution in [0.1, 0.15) is 6.92 Å². The molecule has 0 radical (unpaired) electrons. The van der Waals surface area contributed by atoms with E-state index in [1.807, 2.05) is 0 Å². The van der Waals surface area contributed by atoms with Crippen LogP contribution in [0, 0.1) is 5.41 Å². The Bertz CT molecular complexity index is 162. The van der Waals surface area contributed by atoms with E-state index in [0.29, 0.717) is 0 Å². The van der Waals surface area contributed by atoms with Crippen molar-refractivity contribution < 1.29 is 0 Å². The second-order valence-corrected chi connectivity index (χ2v) is 1.48. The van der Waals surface area contributed by atoms with Crippen LogP contribution in [0.3, 0.4) is 0 Å². The van der Waals surface area contributed by atoms with E-state index in [-0.39, 0.29) is 5.96 Å². The zero-order valence-electron chi connectivity index (χ0n) is 6.04. The van der Waals surface area contributed by atoms with Crippen molar-refractivity contribution in [3.8, 4) is 0 Å². The second-order valence-electron chi connectivity index (χ2n) is 1.48. The van der Waals surface area contributed by atoms with Crippen LogP contribution in [0.15, 0.2) is 30.6 Å². The van der Waals surface area contributed by atoms with Gasteiger partial charge in [0.15, 0.2) is 0 Å². The molecule has 0 aromatic rings. The fourth-order valence-corrected chi connectivity index (χ4v) is 0.436. The van der Waals surface area contributed by atoms with Crippen molar-refractivity contribution in [2.45, 2.75) is 6.92 Å². The van der Waals surface area contributed by atoms with Gasteiger partial charge in [-0.15, -0.1) is 0 Å². The molecular weight excluding hydrogens is 126 g/mol. The molecule has 0 bridgehead atoms. The molecule has 0 saturated heterocycles. The standard InChI is InChI=1S/C7H11N3/c1-4-9-7(8)10(5-2)6-3/h4-6,8H,2-3H2,1H3/b8-7?,9-4-. The molecule has 0 aliphatic heterocycles. The molecule has 3 heteroatoms. The van der Waals surface area contributed by atoms with Crippen LogP contribution in [0.5, 0.6) is 0 Å². The van der Waals surface area contributed by atoms with Gasteiger partial charge in [0.2, 0.25) is 5.96 Å². The number of guanidine groups is 1. The first kappa shape index (κ1) is 8.62. The van der Waals surface area contributed by atoms with Crippen LogP contribution < -0.4 is 0 Å². The first-order valence-corrected chi connectivity index (χ1v) is 2.87. The third kappa shape index (κ3) is 2.26. The van der Waals surface area contributed by atoms with E-state index in [1.54, 1.807) is 13.1 Å². The van der Waals surface area contributed by atoms with Gasteiger partial charge in [-0.25, -0.2) is 4.99 Å². The minimum absolute atomic E-state index is 0.118. The fourth-order valence-electron chi connectivity index (χ4n) is 0.436. The lowest BCUT2D eigenvalue weighted by Gasteiger charge is -2.09. The zero-order valence-corrected chi connectivity index (χ0v) is 6.04. The fraction of sp³-hybridized carbons (Fsp3) is 0.143. The Kier molecular flexibility index (Phi) is 3.87. The molecule has 0 aromatic carbocycles. The summed E-state index contributed by atoms with van der Waals surface area (Å²) in [6, 6.07) is 0. The van der Waals surface area contributed by atoms with Crippen LogP contribution in [0.25, 0.3) is 0 Å². The lowest BCUT2D eigenvalue weighted by Crippen LogP contribution is -2.15. The van der Waals surface area contributed by atoms with E-state index in [4.69, 9.17) is 5.41 Å². The topological polar surface area (TPSA) is 39.5 Å². The summed E-state index contributed by atoms with van der Waals surface area (Å²) in [4.78, 5) is 5.12. The summed E-state index contributed by atoms with van der Waals surface area (Å²) in [7, 11) is 0. The molecule has 0 amide bonds. The van der Waals surface area contributed by atoms with Crippen LogP contribution in [-0.2, 0) is 0 Å². The van der Waals surface area contributed by atoms with Gasteiger partial charge in [-0.3, -0.25) is 10.3 Å². The molecule has 0 atom stereocenters. The van der Waals surface area contributed by atoms with Crippen LogP contribution in [0.4, 0.5) is 0 Å². The van der Waals surface area contributed by atoms with E-state index in [0.717, 1.165) is 0 Å². The van der Waals surface area contributed by atoms with Gasteiger partial charge in [-0.05, 0) is 6.92 Å². The van der Waals surface area contributed by atoms with Crippen molar-refractivity contribution >= 4 is 12.2 Å². The van der Waals surface area contributed by atoms with Crippen LogP contribution in [-0.4, -0.2) is 17.1 Å². The summed E-state index contributed by atoms with van der Waals surface area (Å²) < 4.78 is 0. The molecule has 10 heavy (non-hydrogen) atoms. The van der Waals surface area contributed by atoms with Crippen molar-refractivity contribution in [1.29, 1.82) is 5.41 Å². The Morgan fingerprint density at radius 2 is 2.00 bits per heavy atom. The second kappa shape index (κ2) is 4.49. The van der Waals surface area contributed by atoms with Gasteiger partial charge in [0.05, 0.1) is 0 Å². The summed E-state index contributed by atoms with van der Waals surface area (Å²) >= 11 is 0. The summed E-state index contributed by atoms with van der Waals surface area (Å²) in [5.74, 6) is 0.118. The SMILES string of the molecule is C=CN(C=C)C(=N)/N=C\C. The first-order chi connectivity index (χ1) is 4.76. The van der Waals surface area contributed by atoms with Crippen molar-refractivity contribution in [2.24, 2.45) is 4.99 Å². The maximum absolute atomic E-state index is 7.23. The first-order valence-electron chi connectivity index (χ1n) is 2.87. The van der Waals surface area contributed by atoms with Gasteiger partial charge in [-0.2, -0.15) is 0 Å². The van der Waals surface area contributed by atoms with E-state index in [2.05, 4.69) is 18.2 Å². The monoisotopic (exact) mass is 137 g/mol. The lowest BCUT2D eigenvalue weighted by atomic mass is 10.7.